The summed E-state index contributed by atoms with van der Waals surface area (Å²) in [6, 6.07) is 0. The first-order chi connectivity index (χ1) is 10.2. The summed E-state index contributed by atoms with van der Waals surface area (Å²) in [7, 11) is 0. The molecule has 1 aromatic rings. The van der Waals surface area contributed by atoms with E-state index in [-0.39, 0.29) is 32.6 Å². The largest absolute Gasteiger partial charge is 0.464 e. The molecule has 0 amide bonds. The second-order valence-electron chi connectivity index (χ2n) is 4.91. The van der Waals surface area contributed by atoms with Crippen LogP contribution < -0.4 is 4.74 Å². The molecule has 9 heteroatoms. The van der Waals surface area contributed by atoms with Crippen molar-refractivity contribution in [1.29, 1.82) is 0 Å². The number of nitrogens with zero attached hydrogens (tertiary/aromatic N) is 2. The molecule has 1 rings (SSSR count). The molecule has 0 radical (unpaired) electrons. The molecule has 0 unspecified atom stereocenters. The topological polar surface area (TPSA) is 77.8 Å². The summed E-state index contributed by atoms with van der Waals surface area (Å²) >= 11 is 12.5. The predicted molar refractivity (Wildman–Crippen MR) is 85.5 cm³/mol. The number of hydrogen-bond acceptors (Lipinski definition) is 7. The summed E-state index contributed by atoms with van der Waals surface area (Å²) < 4.78 is 10.1. The highest BCUT2D eigenvalue weighted by atomic mass is 35.5. The van der Waals surface area contributed by atoms with Gasteiger partial charge in [-0.05, 0) is 27.7 Å². The van der Waals surface area contributed by atoms with Gasteiger partial charge in [0.25, 0.3) is 5.19 Å². The summed E-state index contributed by atoms with van der Waals surface area (Å²) in [5, 5.41) is 0.323. The Morgan fingerprint density at radius 2 is 2.05 bits per heavy atom. The summed E-state index contributed by atoms with van der Waals surface area (Å²) in [4.78, 5) is 30.2. The van der Waals surface area contributed by atoms with Crippen LogP contribution in [0.2, 0.25) is 0 Å². The third-order valence-electron chi connectivity index (χ3n) is 2.04. The van der Waals surface area contributed by atoms with Crippen LogP contribution in [-0.2, 0) is 14.3 Å². The van der Waals surface area contributed by atoms with Gasteiger partial charge in [0.05, 0.1) is 6.61 Å². The lowest BCUT2D eigenvalue weighted by Crippen LogP contribution is -2.22. The minimum atomic E-state index is -0.766. The van der Waals surface area contributed by atoms with Gasteiger partial charge in [-0.3, -0.25) is 0 Å². The van der Waals surface area contributed by atoms with Gasteiger partial charge in [0.15, 0.2) is 5.00 Å². The van der Waals surface area contributed by atoms with Crippen molar-refractivity contribution in [2.75, 3.05) is 6.61 Å². The van der Waals surface area contributed by atoms with Crippen molar-refractivity contribution in [1.82, 2.24) is 4.98 Å². The number of carbonyl (C=O) groups is 1. The van der Waals surface area contributed by atoms with Crippen LogP contribution in [0.3, 0.4) is 0 Å². The van der Waals surface area contributed by atoms with Gasteiger partial charge in [-0.15, -0.1) is 0 Å². The summed E-state index contributed by atoms with van der Waals surface area (Å²) in [5.41, 5.74) is -0.680. The summed E-state index contributed by atoms with van der Waals surface area (Å²) in [5.74, 6) is -0.766. The fraction of sp³-hybridized carbons (Fsp3) is 0.462. The molecule has 1 aromatic heterocycles. The molecule has 120 valence electrons. The molecular formula is C13H14Cl2N2O4S. The van der Waals surface area contributed by atoms with Gasteiger partial charge in [-0.2, -0.15) is 9.98 Å². The Kier molecular flexibility index (Phi) is 6.56. The molecule has 0 bridgehead atoms. The molecule has 0 aliphatic carbocycles. The van der Waals surface area contributed by atoms with E-state index >= 15 is 0 Å². The molecule has 0 spiro atoms. The van der Waals surface area contributed by atoms with Gasteiger partial charge in [0.1, 0.15) is 21.4 Å². The smallest absolute Gasteiger partial charge is 0.342 e. The maximum absolute atomic E-state index is 12.0. The second-order valence-corrected chi connectivity index (χ2v) is 6.80. The van der Waals surface area contributed by atoms with E-state index in [0.29, 0.717) is 0 Å². The molecule has 22 heavy (non-hydrogen) atoms. The first-order valence-corrected chi connectivity index (χ1v) is 7.77. The first kappa shape index (κ1) is 18.6. The second kappa shape index (κ2) is 7.74. The Balaban J connectivity index is 3.39. The van der Waals surface area contributed by atoms with E-state index in [1.54, 1.807) is 6.92 Å². The Morgan fingerprint density at radius 3 is 2.50 bits per heavy atom. The van der Waals surface area contributed by atoms with Crippen molar-refractivity contribution in [3.05, 3.63) is 10.2 Å². The average molecular weight is 365 g/mol. The molecule has 0 saturated heterocycles. The Morgan fingerprint density at radius 1 is 1.41 bits per heavy atom. The number of ether oxygens (including phenoxy) is 2. The number of carbonyl (C=O) groups excluding carboxylic acids is 2. The van der Waals surface area contributed by atoms with E-state index in [1.807, 2.05) is 20.8 Å². The van der Waals surface area contributed by atoms with Crippen molar-refractivity contribution in [2.24, 2.45) is 4.99 Å². The van der Waals surface area contributed by atoms with Crippen LogP contribution in [0, 0.1) is 0 Å². The molecule has 0 aliphatic rings. The number of esters is 1. The highest BCUT2D eigenvalue weighted by molar-refractivity contribution is 7.17. The normalized spacial score (nSPS) is 10.6. The fourth-order valence-electron chi connectivity index (χ4n) is 1.35. The number of aromatic nitrogens is 1. The van der Waals surface area contributed by atoms with E-state index < -0.39 is 11.6 Å². The average Bonchev–Trinajstić information content (AvgIpc) is 2.70. The third kappa shape index (κ3) is 5.10. The van der Waals surface area contributed by atoms with Gasteiger partial charge < -0.3 is 9.47 Å². The molecule has 6 nitrogen and oxygen atoms in total. The number of aliphatic imine (C=N–C) groups is 1. The third-order valence-corrected chi connectivity index (χ3v) is 3.24. The lowest BCUT2D eigenvalue weighted by molar-refractivity contribution is -0.136. The quantitative estimate of drug-likeness (QED) is 0.341. The van der Waals surface area contributed by atoms with E-state index in [9.17, 15) is 9.59 Å². The monoisotopic (exact) mass is 364 g/mol. The molecule has 1 heterocycles. The lowest BCUT2D eigenvalue weighted by atomic mass is 10.2. The number of thiazole rings is 1. The van der Waals surface area contributed by atoms with Gasteiger partial charge in [-0.1, -0.05) is 34.5 Å². The minimum absolute atomic E-state index is 0.0195. The van der Waals surface area contributed by atoms with Crippen molar-refractivity contribution < 1.29 is 19.1 Å². The number of halogens is 2. The molecule has 0 atom stereocenters. The van der Waals surface area contributed by atoms with Crippen LogP contribution in [0.15, 0.2) is 9.48 Å². The minimum Gasteiger partial charge on any atom is -0.464 e. The van der Waals surface area contributed by atoms with Crippen molar-refractivity contribution in [3.8, 4) is 5.19 Å². The van der Waals surface area contributed by atoms with Gasteiger partial charge in [-0.25, -0.2) is 9.59 Å². The van der Waals surface area contributed by atoms with Crippen molar-refractivity contribution in [3.63, 3.8) is 0 Å². The number of rotatable bonds is 5. The molecule has 0 aromatic carbocycles. The number of hydrogen-bond donors (Lipinski definition) is 0. The van der Waals surface area contributed by atoms with Crippen molar-refractivity contribution >= 4 is 57.2 Å². The molecular weight excluding hydrogens is 351 g/mol. The van der Waals surface area contributed by atoms with E-state index in [4.69, 9.17) is 32.7 Å². The van der Waals surface area contributed by atoms with Crippen LogP contribution in [0.25, 0.3) is 5.57 Å². The van der Waals surface area contributed by atoms with Crippen LogP contribution in [-0.4, -0.2) is 29.2 Å². The summed E-state index contributed by atoms with van der Waals surface area (Å²) in [6.45, 7) is 7.25. The van der Waals surface area contributed by atoms with E-state index in [0.717, 1.165) is 11.3 Å². The predicted octanol–water partition coefficient (Wildman–Crippen LogP) is 4.00. The highest BCUT2D eigenvalue weighted by Gasteiger charge is 2.27. The highest BCUT2D eigenvalue weighted by Crippen LogP contribution is 2.40. The standard InChI is InChI=1S/C13H14Cl2N2O4S/c1-5-20-11(19)7(9(14)15)8-10(16-6-18)22-12(17-8)21-13(2,3)4/h5H2,1-4H3. The van der Waals surface area contributed by atoms with Crippen LogP contribution >= 0.6 is 34.5 Å². The van der Waals surface area contributed by atoms with Gasteiger partial charge in [0, 0.05) is 0 Å². The van der Waals surface area contributed by atoms with Gasteiger partial charge in [0.2, 0.25) is 6.08 Å². The Labute approximate surface area is 141 Å². The van der Waals surface area contributed by atoms with E-state index in [1.165, 1.54) is 6.08 Å². The summed E-state index contributed by atoms with van der Waals surface area (Å²) in [6.07, 6.45) is 1.39. The zero-order valence-electron chi connectivity index (χ0n) is 12.4. The fourth-order valence-corrected chi connectivity index (χ4v) is 2.60. The lowest BCUT2D eigenvalue weighted by Gasteiger charge is -2.18. The molecule has 0 fully saturated rings. The molecule has 0 saturated carbocycles. The maximum Gasteiger partial charge on any atom is 0.342 e. The zero-order chi connectivity index (χ0) is 16.9. The van der Waals surface area contributed by atoms with Crippen LogP contribution in [0.5, 0.6) is 5.19 Å². The first-order valence-electron chi connectivity index (χ1n) is 6.20. The van der Waals surface area contributed by atoms with Crippen LogP contribution in [0.1, 0.15) is 33.4 Å². The van der Waals surface area contributed by atoms with E-state index in [2.05, 4.69) is 9.98 Å². The Bertz CT molecular complexity index is 639. The maximum atomic E-state index is 12.0. The number of isocyanates is 1. The van der Waals surface area contributed by atoms with Crippen molar-refractivity contribution in [2.45, 2.75) is 33.3 Å². The molecule has 0 N–H and O–H groups in total. The molecule has 0 aliphatic heterocycles. The Hall–Kier alpha value is -1.40. The van der Waals surface area contributed by atoms with Crippen LogP contribution in [0.4, 0.5) is 5.00 Å². The SMILES string of the molecule is CCOC(=O)C(=C(Cl)Cl)c1nc(OC(C)(C)C)sc1N=C=O. The van der Waals surface area contributed by atoms with Gasteiger partial charge >= 0.3 is 5.97 Å². The zero-order valence-corrected chi connectivity index (χ0v) is 14.7.